The monoisotopic (exact) mass is 250 g/mol. The number of benzene rings is 1. The molecular formula is C14H22N2O2. The van der Waals surface area contributed by atoms with E-state index in [1.54, 1.807) is 12.1 Å². The highest BCUT2D eigenvalue weighted by molar-refractivity contribution is 5.95. The van der Waals surface area contributed by atoms with Gasteiger partial charge in [-0.25, -0.2) is 0 Å². The molecule has 0 saturated carbocycles. The Morgan fingerprint density at radius 3 is 2.67 bits per heavy atom. The van der Waals surface area contributed by atoms with Crippen molar-refractivity contribution in [2.24, 2.45) is 0 Å². The van der Waals surface area contributed by atoms with E-state index in [-0.39, 0.29) is 17.7 Å². The molecule has 2 N–H and O–H groups in total. The second-order valence-electron chi connectivity index (χ2n) is 4.97. The molecule has 1 aromatic rings. The summed E-state index contributed by atoms with van der Waals surface area (Å²) in [6.45, 7) is 4.76. The maximum atomic E-state index is 12.0. The third-order valence-electron chi connectivity index (χ3n) is 2.84. The molecule has 1 atom stereocenters. The zero-order valence-corrected chi connectivity index (χ0v) is 11.5. The van der Waals surface area contributed by atoms with Crippen molar-refractivity contribution in [3.63, 3.8) is 0 Å². The van der Waals surface area contributed by atoms with Crippen molar-refractivity contribution in [3.05, 3.63) is 29.3 Å². The SMILES string of the molecule is Cc1cc(O)ccc1C(=O)NC(C)CCN(C)C. The van der Waals surface area contributed by atoms with Gasteiger partial charge in [0.1, 0.15) is 5.75 Å². The number of nitrogens with one attached hydrogen (secondary N) is 1. The molecule has 100 valence electrons. The van der Waals surface area contributed by atoms with Gasteiger partial charge < -0.3 is 15.3 Å². The summed E-state index contributed by atoms with van der Waals surface area (Å²) in [6.07, 6.45) is 0.913. The van der Waals surface area contributed by atoms with Crippen LogP contribution in [0.1, 0.15) is 29.3 Å². The van der Waals surface area contributed by atoms with Gasteiger partial charge in [0.05, 0.1) is 0 Å². The molecule has 1 unspecified atom stereocenters. The van der Waals surface area contributed by atoms with Gasteiger partial charge in [0, 0.05) is 11.6 Å². The van der Waals surface area contributed by atoms with Crippen LogP contribution < -0.4 is 5.32 Å². The van der Waals surface area contributed by atoms with Crippen LogP contribution in [0.3, 0.4) is 0 Å². The van der Waals surface area contributed by atoms with Crippen LogP contribution >= 0.6 is 0 Å². The summed E-state index contributed by atoms with van der Waals surface area (Å²) in [6, 6.07) is 4.91. The lowest BCUT2D eigenvalue weighted by Crippen LogP contribution is -2.35. The van der Waals surface area contributed by atoms with E-state index in [2.05, 4.69) is 10.2 Å². The molecule has 0 bridgehead atoms. The van der Waals surface area contributed by atoms with Crippen LogP contribution in [0.2, 0.25) is 0 Å². The van der Waals surface area contributed by atoms with Gasteiger partial charge in [-0.3, -0.25) is 4.79 Å². The van der Waals surface area contributed by atoms with E-state index < -0.39 is 0 Å². The second-order valence-corrected chi connectivity index (χ2v) is 4.97. The largest absolute Gasteiger partial charge is 0.508 e. The van der Waals surface area contributed by atoms with E-state index >= 15 is 0 Å². The summed E-state index contributed by atoms with van der Waals surface area (Å²) in [5.74, 6) is 0.100. The van der Waals surface area contributed by atoms with Crippen LogP contribution in [0.25, 0.3) is 0 Å². The zero-order valence-electron chi connectivity index (χ0n) is 11.5. The number of carbonyl (C=O) groups excluding carboxylic acids is 1. The minimum Gasteiger partial charge on any atom is -0.508 e. The minimum atomic E-state index is -0.0845. The number of phenolic OH excluding ortho intramolecular Hbond substituents is 1. The number of nitrogens with zero attached hydrogens (tertiary/aromatic N) is 1. The molecule has 1 amide bonds. The summed E-state index contributed by atoms with van der Waals surface area (Å²) in [5, 5.41) is 12.3. The number of aryl methyl sites for hydroxylation is 1. The van der Waals surface area contributed by atoms with Crippen LogP contribution in [0.15, 0.2) is 18.2 Å². The van der Waals surface area contributed by atoms with Crippen molar-refractivity contribution in [1.29, 1.82) is 0 Å². The standard InChI is InChI=1S/C14H22N2O2/c1-10-9-12(17)5-6-13(10)14(18)15-11(2)7-8-16(3)4/h5-6,9,11,17H,7-8H2,1-4H3,(H,15,18). The zero-order chi connectivity index (χ0) is 13.7. The molecule has 0 radical (unpaired) electrons. The van der Waals surface area contributed by atoms with Crippen molar-refractivity contribution in [1.82, 2.24) is 10.2 Å². The molecule has 4 heteroatoms. The molecule has 1 aromatic carbocycles. The summed E-state index contributed by atoms with van der Waals surface area (Å²) in [7, 11) is 4.03. The van der Waals surface area contributed by atoms with Gasteiger partial charge in [0.15, 0.2) is 0 Å². The molecule has 4 nitrogen and oxygen atoms in total. The maximum absolute atomic E-state index is 12.0. The Hall–Kier alpha value is -1.55. The summed E-state index contributed by atoms with van der Waals surface area (Å²) < 4.78 is 0. The third kappa shape index (κ3) is 4.37. The molecule has 0 aromatic heterocycles. The molecule has 0 saturated heterocycles. The Morgan fingerprint density at radius 2 is 2.11 bits per heavy atom. The predicted molar refractivity (Wildman–Crippen MR) is 72.9 cm³/mol. The minimum absolute atomic E-state index is 0.0845. The molecule has 0 heterocycles. The number of carbonyl (C=O) groups is 1. The van der Waals surface area contributed by atoms with E-state index in [4.69, 9.17) is 0 Å². The lowest BCUT2D eigenvalue weighted by molar-refractivity contribution is 0.0936. The number of amides is 1. The molecule has 18 heavy (non-hydrogen) atoms. The van der Waals surface area contributed by atoms with Crippen LogP contribution in [0.5, 0.6) is 5.75 Å². The quantitative estimate of drug-likeness (QED) is 0.837. The number of aromatic hydroxyl groups is 1. The first-order valence-corrected chi connectivity index (χ1v) is 6.15. The van der Waals surface area contributed by atoms with E-state index in [1.165, 1.54) is 6.07 Å². The Balaban J connectivity index is 2.59. The Kier molecular flexibility index (Phi) is 5.16. The first-order valence-electron chi connectivity index (χ1n) is 6.15. The smallest absolute Gasteiger partial charge is 0.251 e. The van der Waals surface area contributed by atoms with Crippen molar-refractivity contribution >= 4 is 5.91 Å². The molecular weight excluding hydrogens is 228 g/mol. The van der Waals surface area contributed by atoms with Gasteiger partial charge in [0.2, 0.25) is 0 Å². The average Bonchev–Trinajstić information content (AvgIpc) is 2.26. The highest BCUT2D eigenvalue weighted by Crippen LogP contribution is 2.15. The van der Waals surface area contributed by atoms with Gasteiger partial charge in [-0.2, -0.15) is 0 Å². The van der Waals surface area contributed by atoms with Gasteiger partial charge >= 0.3 is 0 Å². The van der Waals surface area contributed by atoms with Crippen LogP contribution in [0.4, 0.5) is 0 Å². The van der Waals surface area contributed by atoms with Gasteiger partial charge in [-0.05, 0) is 64.7 Å². The predicted octanol–water partition coefficient (Wildman–Crippen LogP) is 1.77. The second kappa shape index (κ2) is 6.40. The highest BCUT2D eigenvalue weighted by Gasteiger charge is 2.12. The van der Waals surface area contributed by atoms with Crippen molar-refractivity contribution in [2.45, 2.75) is 26.3 Å². The lowest BCUT2D eigenvalue weighted by Gasteiger charge is -2.17. The number of hydrogen-bond acceptors (Lipinski definition) is 3. The van der Waals surface area contributed by atoms with Gasteiger partial charge in [-0.1, -0.05) is 0 Å². The highest BCUT2D eigenvalue weighted by atomic mass is 16.3. The maximum Gasteiger partial charge on any atom is 0.251 e. The topological polar surface area (TPSA) is 52.6 Å². The van der Waals surface area contributed by atoms with E-state index in [0.717, 1.165) is 18.5 Å². The van der Waals surface area contributed by atoms with Crippen LogP contribution in [-0.4, -0.2) is 42.6 Å². The molecule has 1 rings (SSSR count). The Bertz CT molecular complexity index is 416. The summed E-state index contributed by atoms with van der Waals surface area (Å²) in [4.78, 5) is 14.1. The number of rotatable bonds is 5. The Morgan fingerprint density at radius 1 is 1.44 bits per heavy atom. The normalized spacial score (nSPS) is 12.5. The first-order chi connectivity index (χ1) is 8.40. The number of hydrogen-bond donors (Lipinski definition) is 2. The van der Waals surface area contributed by atoms with Crippen molar-refractivity contribution in [2.75, 3.05) is 20.6 Å². The number of phenols is 1. The molecule has 0 aliphatic heterocycles. The molecule has 0 aliphatic carbocycles. The summed E-state index contributed by atoms with van der Waals surface area (Å²) >= 11 is 0. The first kappa shape index (κ1) is 14.5. The van der Waals surface area contributed by atoms with E-state index in [0.29, 0.717) is 5.56 Å². The van der Waals surface area contributed by atoms with Crippen LogP contribution in [-0.2, 0) is 0 Å². The van der Waals surface area contributed by atoms with Gasteiger partial charge in [0.25, 0.3) is 5.91 Å². The summed E-state index contributed by atoms with van der Waals surface area (Å²) in [5.41, 5.74) is 1.40. The van der Waals surface area contributed by atoms with Gasteiger partial charge in [-0.15, -0.1) is 0 Å². The molecule has 0 aliphatic rings. The van der Waals surface area contributed by atoms with Crippen LogP contribution in [0, 0.1) is 6.92 Å². The van der Waals surface area contributed by atoms with Crippen molar-refractivity contribution in [3.8, 4) is 5.75 Å². The Labute approximate surface area is 109 Å². The fraction of sp³-hybridized carbons (Fsp3) is 0.500. The fourth-order valence-electron chi connectivity index (χ4n) is 1.73. The molecule has 0 fully saturated rings. The lowest BCUT2D eigenvalue weighted by atomic mass is 10.1. The fourth-order valence-corrected chi connectivity index (χ4v) is 1.73. The molecule has 0 spiro atoms. The third-order valence-corrected chi connectivity index (χ3v) is 2.84. The van der Waals surface area contributed by atoms with E-state index in [1.807, 2.05) is 27.9 Å². The van der Waals surface area contributed by atoms with E-state index in [9.17, 15) is 9.90 Å². The average molecular weight is 250 g/mol. The van der Waals surface area contributed by atoms with Crippen molar-refractivity contribution < 1.29 is 9.90 Å².